The fourth-order valence-electron chi connectivity index (χ4n) is 3.40. The first-order valence-electron chi connectivity index (χ1n) is 9.54. The number of aliphatic hydroxyl groups is 1. The van der Waals surface area contributed by atoms with Gasteiger partial charge in [0.15, 0.2) is 0 Å². The standard InChI is InChI=1S/C22H32O4Si/c1-22(2,3)27(20-10-6-4-7-11-20,21-12-8-5-9-13-21)26-19-18-25-17-16-24-15-14-23/h4-13,23H,14-19H2,1-3H3. The summed E-state index contributed by atoms with van der Waals surface area (Å²) >= 11 is 0. The van der Waals surface area contributed by atoms with Gasteiger partial charge in [-0.05, 0) is 15.4 Å². The minimum atomic E-state index is -2.47. The third-order valence-electron chi connectivity index (χ3n) is 4.57. The van der Waals surface area contributed by atoms with Crippen molar-refractivity contribution in [2.45, 2.75) is 25.8 Å². The molecule has 5 heteroatoms. The normalized spacial score (nSPS) is 12.3. The van der Waals surface area contributed by atoms with Gasteiger partial charge in [-0.2, -0.15) is 0 Å². The number of hydrogen-bond acceptors (Lipinski definition) is 4. The molecule has 2 aromatic carbocycles. The first-order valence-corrected chi connectivity index (χ1v) is 11.4. The van der Waals surface area contributed by atoms with Crippen LogP contribution in [0.5, 0.6) is 0 Å². The monoisotopic (exact) mass is 388 g/mol. The fourth-order valence-corrected chi connectivity index (χ4v) is 7.95. The summed E-state index contributed by atoms with van der Waals surface area (Å²) in [5.41, 5.74) is 0. The minimum Gasteiger partial charge on any atom is -0.405 e. The van der Waals surface area contributed by atoms with Crippen LogP contribution in [0.1, 0.15) is 20.8 Å². The van der Waals surface area contributed by atoms with Crippen molar-refractivity contribution >= 4 is 18.7 Å². The van der Waals surface area contributed by atoms with Gasteiger partial charge in [0.2, 0.25) is 0 Å². The summed E-state index contributed by atoms with van der Waals surface area (Å²) in [5.74, 6) is 0. The second-order valence-corrected chi connectivity index (χ2v) is 11.8. The number of rotatable bonds is 11. The molecule has 0 aliphatic rings. The van der Waals surface area contributed by atoms with E-state index in [4.69, 9.17) is 19.0 Å². The molecule has 4 nitrogen and oxygen atoms in total. The molecule has 0 heterocycles. The van der Waals surface area contributed by atoms with Crippen molar-refractivity contribution in [1.29, 1.82) is 0 Å². The second-order valence-electron chi connectivity index (χ2n) is 7.46. The van der Waals surface area contributed by atoms with Gasteiger partial charge in [-0.1, -0.05) is 81.4 Å². The van der Waals surface area contributed by atoms with Gasteiger partial charge in [0.25, 0.3) is 8.32 Å². The summed E-state index contributed by atoms with van der Waals surface area (Å²) < 4.78 is 17.6. The zero-order valence-electron chi connectivity index (χ0n) is 16.7. The molecule has 0 spiro atoms. The number of benzene rings is 2. The van der Waals surface area contributed by atoms with E-state index in [0.29, 0.717) is 33.0 Å². The predicted octanol–water partition coefficient (Wildman–Crippen LogP) is 2.59. The van der Waals surface area contributed by atoms with Gasteiger partial charge in [-0.25, -0.2) is 0 Å². The average molecular weight is 389 g/mol. The van der Waals surface area contributed by atoms with Crippen LogP contribution in [0, 0.1) is 0 Å². The molecular formula is C22H32O4Si. The second kappa shape index (κ2) is 10.7. The lowest BCUT2D eigenvalue weighted by molar-refractivity contribution is 0.0238. The number of ether oxygens (including phenoxy) is 2. The van der Waals surface area contributed by atoms with E-state index in [-0.39, 0.29) is 11.6 Å². The molecule has 0 saturated heterocycles. The maximum Gasteiger partial charge on any atom is 0.261 e. The summed E-state index contributed by atoms with van der Waals surface area (Å²) in [6.07, 6.45) is 0. The van der Waals surface area contributed by atoms with Gasteiger partial charge in [0.05, 0.1) is 39.6 Å². The summed E-state index contributed by atoms with van der Waals surface area (Å²) in [6, 6.07) is 21.2. The van der Waals surface area contributed by atoms with E-state index in [1.54, 1.807) is 0 Å². The SMILES string of the molecule is CC(C)(C)[Si](OCCOCCOCCO)(c1ccccc1)c1ccccc1. The Hall–Kier alpha value is -1.50. The highest BCUT2D eigenvalue weighted by Gasteiger charge is 2.49. The lowest BCUT2D eigenvalue weighted by Gasteiger charge is -2.43. The molecule has 0 aliphatic heterocycles. The molecule has 0 atom stereocenters. The van der Waals surface area contributed by atoms with E-state index in [1.165, 1.54) is 10.4 Å². The largest absolute Gasteiger partial charge is 0.405 e. The van der Waals surface area contributed by atoms with Crippen molar-refractivity contribution in [1.82, 2.24) is 0 Å². The Morgan fingerprint density at radius 2 is 1.15 bits per heavy atom. The summed E-state index contributed by atoms with van der Waals surface area (Å²) in [6.45, 7) is 9.23. The minimum absolute atomic E-state index is 0.0278. The Morgan fingerprint density at radius 1 is 0.704 bits per heavy atom. The van der Waals surface area contributed by atoms with Crippen LogP contribution in [-0.2, 0) is 13.9 Å². The molecule has 0 unspecified atom stereocenters. The van der Waals surface area contributed by atoms with Gasteiger partial charge in [-0.3, -0.25) is 0 Å². The first-order chi connectivity index (χ1) is 13.0. The van der Waals surface area contributed by atoms with Crippen LogP contribution in [0.3, 0.4) is 0 Å². The average Bonchev–Trinajstić information content (AvgIpc) is 2.67. The van der Waals surface area contributed by atoms with Gasteiger partial charge in [-0.15, -0.1) is 0 Å². The van der Waals surface area contributed by atoms with Crippen LogP contribution < -0.4 is 10.4 Å². The Labute approximate surface area is 164 Å². The molecule has 2 aromatic rings. The number of hydrogen-bond donors (Lipinski definition) is 1. The third kappa shape index (κ3) is 5.73. The van der Waals surface area contributed by atoms with E-state index >= 15 is 0 Å². The van der Waals surface area contributed by atoms with Gasteiger partial charge >= 0.3 is 0 Å². The van der Waals surface area contributed by atoms with E-state index < -0.39 is 8.32 Å². The van der Waals surface area contributed by atoms with Crippen LogP contribution >= 0.6 is 0 Å². The maximum absolute atomic E-state index is 8.71. The van der Waals surface area contributed by atoms with Gasteiger partial charge in [0, 0.05) is 0 Å². The molecule has 0 aliphatic carbocycles. The van der Waals surface area contributed by atoms with Crippen LogP contribution in [0.2, 0.25) is 5.04 Å². The molecule has 0 aromatic heterocycles. The highest BCUT2D eigenvalue weighted by atomic mass is 28.4. The maximum atomic E-state index is 8.71. The van der Waals surface area contributed by atoms with Crippen molar-refractivity contribution in [3.05, 3.63) is 60.7 Å². The molecule has 0 amide bonds. The van der Waals surface area contributed by atoms with E-state index in [9.17, 15) is 0 Å². The molecule has 27 heavy (non-hydrogen) atoms. The lowest BCUT2D eigenvalue weighted by atomic mass is 10.2. The topological polar surface area (TPSA) is 47.9 Å². The van der Waals surface area contributed by atoms with E-state index in [2.05, 4.69) is 69.3 Å². The van der Waals surface area contributed by atoms with Crippen molar-refractivity contribution < 1.29 is 19.0 Å². The number of aliphatic hydroxyl groups excluding tert-OH is 1. The zero-order chi connectivity index (χ0) is 19.6. The van der Waals surface area contributed by atoms with Crippen molar-refractivity contribution in [3.8, 4) is 0 Å². The predicted molar refractivity (Wildman–Crippen MR) is 112 cm³/mol. The van der Waals surface area contributed by atoms with E-state index in [0.717, 1.165) is 0 Å². The Morgan fingerprint density at radius 3 is 1.59 bits per heavy atom. The molecule has 0 fully saturated rings. The molecule has 0 bridgehead atoms. The van der Waals surface area contributed by atoms with Crippen molar-refractivity contribution in [2.75, 3.05) is 39.6 Å². The summed E-state index contributed by atoms with van der Waals surface area (Å²) in [5, 5.41) is 11.2. The zero-order valence-corrected chi connectivity index (χ0v) is 17.7. The smallest absolute Gasteiger partial charge is 0.261 e. The van der Waals surface area contributed by atoms with Gasteiger partial charge < -0.3 is 19.0 Å². The summed E-state index contributed by atoms with van der Waals surface area (Å²) in [4.78, 5) is 0. The van der Waals surface area contributed by atoms with E-state index in [1.807, 2.05) is 12.1 Å². The van der Waals surface area contributed by atoms with Crippen LogP contribution in [0.25, 0.3) is 0 Å². The Balaban J connectivity index is 2.15. The Kier molecular flexibility index (Phi) is 8.66. The lowest BCUT2D eigenvalue weighted by Crippen LogP contribution is -2.66. The van der Waals surface area contributed by atoms with Crippen LogP contribution in [0.4, 0.5) is 0 Å². The van der Waals surface area contributed by atoms with Gasteiger partial charge in [0.1, 0.15) is 0 Å². The quantitative estimate of drug-likeness (QED) is 0.475. The molecule has 148 valence electrons. The molecule has 2 rings (SSSR count). The molecule has 0 radical (unpaired) electrons. The molecule has 0 saturated carbocycles. The molecular weight excluding hydrogens is 356 g/mol. The summed E-state index contributed by atoms with van der Waals surface area (Å²) in [7, 11) is -2.47. The Bertz CT molecular complexity index is 601. The van der Waals surface area contributed by atoms with Crippen LogP contribution in [0.15, 0.2) is 60.7 Å². The highest BCUT2D eigenvalue weighted by Crippen LogP contribution is 2.36. The first kappa shape index (κ1) is 21.8. The van der Waals surface area contributed by atoms with Crippen molar-refractivity contribution in [2.24, 2.45) is 0 Å². The highest BCUT2D eigenvalue weighted by molar-refractivity contribution is 6.99. The fraction of sp³-hybridized carbons (Fsp3) is 0.455. The third-order valence-corrected chi connectivity index (χ3v) is 9.61. The molecule has 1 N–H and O–H groups in total. The van der Waals surface area contributed by atoms with Crippen molar-refractivity contribution in [3.63, 3.8) is 0 Å². The van der Waals surface area contributed by atoms with Crippen LogP contribution in [-0.4, -0.2) is 53.1 Å².